The number of benzene rings is 1. The van der Waals surface area contributed by atoms with Crippen molar-refractivity contribution in [1.82, 2.24) is 0 Å². The molecule has 0 amide bonds. The predicted molar refractivity (Wildman–Crippen MR) is 66.7 cm³/mol. The lowest BCUT2D eigenvalue weighted by Gasteiger charge is -2.05. The molecule has 0 heterocycles. The van der Waals surface area contributed by atoms with Crippen LogP contribution in [0.1, 0.15) is 10.4 Å². The van der Waals surface area contributed by atoms with E-state index >= 15 is 0 Å². The third-order valence-electron chi connectivity index (χ3n) is 1.83. The Kier molecular flexibility index (Phi) is 4.64. The summed E-state index contributed by atoms with van der Waals surface area (Å²) in [5, 5.41) is 7.31. The van der Waals surface area contributed by atoms with Gasteiger partial charge in [-0.1, -0.05) is 23.4 Å². The number of nitrogens with one attached hydrogen (secondary N) is 1. The molecule has 3 N–H and O–H groups in total. The molecule has 0 bridgehead atoms. The molecule has 0 aromatic heterocycles. The molecule has 0 aliphatic heterocycles. The maximum Gasteiger partial charge on any atom is 0.173 e. The molecule has 0 aliphatic carbocycles. The van der Waals surface area contributed by atoms with Crippen LogP contribution in [0.3, 0.4) is 0 Å². The maximum absolute atomic E-state index is 11.6. The minimum atomic E-state index is -0.121. The van der Waals surface area contributed by atoms with Crippen LogP contribution in [0.2, 0.25) is 5.02 Å². The van der Waals surface area contributed by atoms with Gasteiger partial charge in [-0.3, -0.25) is 10.2 Å². The van der Waals surface area contributed by atoms with Gasteiger partial charge in [0.15, 0.2) is 11.0 Å². The summed E-state index contributed by atoms with van der Waals surface area (Å²) in [6.07, 6.45) is 0. The molecule has 4 nitrogen and oxygen atoms in total. The van der Waals surface area contributed by atoms with Crippen molar-refractivity contribution in [3.8, 4) is 5.75 Å². The standard InChI is InChI=1S/C10H11ClN2O2S/c1-15-9-3-2-6(4-7(9)11)8(14)5-16-10(12)13/h2-4H,5H2,1H3,(H3,12,13). The van der Waals surface area contributed by atoms with Crippen LogP contribution >= 0.6 is 23.4 Å². The van der Waals surface area contributed by atoms with E-state index in [0.29, 0.717) is 16.3 Å². The highest BCUT2D eigenvalue weighted by Crippen LogP contribution is 2.25. The van der Waals surface area contributed by atoms with Crippen molar-refractivity contribution >= 4 is 34.3 Å². The van der Waals surface area contributed by atoms with Crippen molar-refractivity contribution in [3.05, 3.63) is 28.8 Å². The van der Waals surface area contributed by atoms with Gasteiger partial charge in [-0.15, -0.1) is 0 Å². The van der Waals surface area contributed by atoms with Gasteiger partial charge in [0.05, 0.1) is 17.9 Å². The number of amidine groups is 1. The van der Waals surface area contributed by atoms with Crippen molar-refractivity contribution in [2.75, 3.05) is 12.9 Å². The fraction of sp³-hybridized carbons (Fsp3) is 0.200. The van der Waals surface area contributed by atoms with Gasteiger partial charge in [-0.25, -0.2) is 0 Å². The van der Waals surface area contributed by atoms with Gasteiger partial charge in [0.1, 0.15) is 5.75 Å². The molecule has 0 unspecified atom stereocenters. The van der Waals surface area contributed by atoms with E-state index in [-0.39, 0.29) is 16.7 Å². The minimum absolute atomic E-state index is 0.0760. The number of ketones is 1. The van der Waals surface area contributed by atoms with Gasteiger partial charge >= 0.3 is 0 Å². The van der Waals surface area contributed by atoms with E-state index in [4.69, 9.17) is 27.5 Å². The topological polar surface area (TPSA) is 76.2 Å². The fourth-order valence-electron chi connectivity index (χ4n) is 1.07. The van der Waals surface area contributed by atoms with Crippen molar-refractivity contribution in [2.45, 2.75) is 0 Å². The Morgan fingerprint density at radius 3 is 2.81 bits per heavy atom. The first-order chi connectivity index (χ1) is 7.54. The Hall–Kier alpha value is -1.20. The molecule has 0 saturated heterocycles. The number of rotatable bonds is 4. The van der Waals surface area contributed by atoms with Crippen LogP contribution in [-0.2, 0) is 0 Å². The average Bonchev–Trinajstić information content (AvgIpc) is 2.25. The Morgan fingerprint density at radius 1 is 1.62 bits per heavy atom. The number of hydrogen-bond donors (Lipinski definition) is 2. The zero-order valence-corrected chi connectivity index (χ0v) is 10.2. The van der Waals surface area contributed by atoms with Crippen LogP contribution in [-0.4, -0.2) is 23.8 Å². The molecule has 1 aromatic carbocycles. The molecule has 0 spiro atoms. The summed E-state index contributed by atoms with van der Waals surface area (Å²) in [5.41, 5.74) is 5.63. The summed E-state index contributed by atoms with van der Waals surface area (Å²) in [6, 6.07) is 4.81. The van der Waals surface area contributed by atoms with Crippen molar-refractivity contribution < 1.29 is 9.53 Å². The molecule has 0 saturated carbocycles. The molecular weight excluding hydrogens is 248 g/mol. The molecule has 16 heavy (non-hydrogen) atoms. The van der Waals surface area contributed by atoms with E-state index in [1.54, 1.807) is 18.2 Å². The number of carbonyl (C=O) groups excluding carboxylic acids is 1. The largest absolute Gasteiger partial charge is 0.495 e. The predicted octanol–water partition coefficient (Wildman–Crippen LogP) is 2.16. The molecule has 6 heteroatoms. The number of Topliss-reactive ketones (excluding diaryl/α,β-unsaturated/α-hetero) is 1. The van der Waals surface area contributed by atoms with E-state index in [2.05, 4.69) is 0 Å². The molecule has 0 fully saturated rings. The Morgan fingerprint density at radius 2 is 2.31 bits per heavy atom. The normalized spacial score (nSPS) is 9.88. The summed E-state index contributed by atoms with van der Waals surface area (Å²) in [5.74, 6) is 0.542. The van der Waals surface area contributed by atoms with Gasteiger partial charge in [0.25, 0.3) is 0 Å². The molecule has 1 rings (SSSR count). The lowest BCUT2D eigenvalue weighted by Crippen LogP contribution is -2.10. The smallest absolute Gasteiger partial charge is 0.173 e. The second-order valence-electron chi connectivity index (χ2n) is 2.93. The first kappa shape index (κ1) is 12.9. The summed E-state index contributed by atoms with van der Waals surface area (Å²) in [4.78, 5) is 11.6. The van der Waals surface area contributed by atoms with Gasteiger partial charge < -0.3 is 10.5 Å². The van der Waals surface area contributed by atoms with Crippen LogP contribution in [0.15, 0.2) is 18.2 Å². The highest BCUT2D eigenvalue weighted by molar-refractivity contribution is 8.14. The molecule has 1 aromatic rings. The van der Waals surface area contributed by atoms with Crippen LogP contribution < -0.4 is 10.5 Å². The molecule has 0 radical (unpaired) electrons. The van der Waals surface area contributed by atoms with Crippen molar-refractivity contribution in [1.29, 1.82) is 5.41 Å². The summed E-state index contributed by atoms with van der Waals surface area (Å²) in [6.45, 7) is 0. The Bertz CT molecular complexity index is 423. The van der Waals surface area contributed by atoms with E-state index in [1.165, 1.54) is 7.11 Å². The maximum atomic E-state index is 11.6. The van der Waals surface area contributed by atoms with Crippen LogP contribution in [0, 0.1) is 5.41 Å². The SMILES string of the molecule is COc1ccc(C(=O)CSC(=N)N)cc1Cl. The van der Waals surface area contributed by atoms with Gasteiger partial charge in [0, 0.05) is 5.56 Å². The second-order valence-corrected chi connectivity index (χ2v) is 4.35. The number of halogens is 1. The average molecular weight is 259 g/mol. The zero-order chi connectivity index (χ0) is 12.1. The third-order valence-corrected chi connectivity index (χ3v) is 2.85. The van der Waals surface area contributed by atoms with Gasteiger partial charge in [0.2, 0.25) is 0 Å². The lowest BCUT2D eigenvalue weighted by molar-refractivity contribution is 0.102. The van der Waals surface area contributed by atoms with Crippen molar-refractivity contribution in [3.63, 3.8) is 0 Å². The van der Waals surface area contributed by atoms with Crippen LogP contribution in [0.25, 0.3) is 0 Å². The first-order valence-corrected chi connectivity index (χ1v) is 5.74. The highest BCUT2D eigenvalue weighted by Gasteiger charge is 2.09. The highest BCUT2D eigenvalue weighted by atomic mass is 35.5. The van der Waals surface area contributed by atoms with Crippen LogP contribution in [0.5, 0.6) is 5.75 Å². The van der Waals surface area contributed by atoms with Gasteiger partial charge in [-0.05, 0) is 18.2 Å². The molecular formula is C10H11ClN2O2S. The van der Waals surface area contributed by atoms with Crippen molar-refractivity contribution in [2.24, 2.45) is 5.73 Å². The summed E-state index contributed by atoms with van der Waals surface area (Å²) in [7, 11) is 1.51. The minimum Gasteiger partial charge on any atom is -0.495 e. The van der Waals surface area contributed by atoms with Gasteiger partial charge in [-0.2, -0.15) is 0 Å². The fourth-order valence-corrected chi connectivity index (χ4v) is 1.78. The number of nitrogens with two attached hydrogens (primary N) is 1. The molecule has 0 aliphatic rings. The monoisotopic (exact) mass is 258 g/mol. The van der Waals surface area contributed by atoms with Crippen LogP contribution in [0.4, 0.5) is 0 Å². The number of carbonyl (C=O) groups is 1. The second kappa shape index (κ2) is 5.77. The molecule has 0 atom stereocenters. The first-order valence-electron chi connectivity index (χ1n) is 4.38. The molecule has 86 valence electrons. The van der Waals surface area contributed by atoms with E-state index in [1.807, 2.05) is 0 Å². The number of ether oxygens (including phenoxy) is 1. The van der Waals surface area contributed by atoms with E-state index in [9.17, 15) is 4.79 Å². The summed E-state index contributed by atoms with van der Waals surface area (Å²) < 4.78 is 4.98. The lowest BCUT2D eigenvalue weighted by atomic mass is 10.1. The summed E-state index contributed by atoms with van der Waals surface area (Å²) >= 11 is 6.87. The Labute approximate surface area is 103 Å². The third kappa shape index (κ3) is 3.43. The number of thioether (sulfide) groups is 1. The zero-order valence-electron chi connectivity index (χ0n) is 8.62. The van der Waals surface area contributed by atoms with E-state index < -0.39 is 0 Å². The number of methoxy groups -OCH3 is 1. The Balaban J connectivity index is 2.77. The number of hydrogen-bond acceptors (Lipinski definition) is 4. The van der Waals surface area contributed by atoms with E-state index in [0.717, 1.165) is 11.8 Å². The quantitative estimate of drug-likeness (QED) is 0.493.